The first-order chi connectivity index (χ1) is 7.06. The van der Waals surface area contributed by atoms with Crippen LogP contribution in [0.3, 0.4) is 0 Å². The molecule has 0 radical (unpaired) electrons. The summed E-state index contributed by atoms with van der Waals surface area (Å²) < 4.78 is 4.93. The summed E-state index contributed by atoms with van der Waals surface area (Å²) in [6.07, 6.45) is 4.46. The van der Waals surface area contributed by atoms with Crippen molar-refractivity contribution in [1.29, 1.82) is 0 Å². The van der Waals surface area contributed by atoms with E-state index in [4.69, 9.17) is 4.74 Å². The Hall–Kier alpha value is -0.570. The number of rotatable bonds is 3. The molecule has 1 saturated heterocycles. The van der Waals surface area contributed by atoms with E-state index in [9.17, 15) is 4.79 Å². The summed E-state index contributed by atoms with van der Waals surface area (Å²) in [5.41, 5.74) is -0.436. The first kappa shape index (κ1) is 12.5. The molecule has 0 bridgehead atoms. The van der Waals surface area contributed by atoms with Crippen LogP contribution in [0.15, 0.2) is 0 Å². The van der Waals surface area contributed by atoms with Gasteiger partial charge in [0.15, 0.2) is 0 Å². The molecule has 0 spiro atoms. The van der Waals surface area contributed by atoms with Gasteiger partial charge in [0, 0.05) is 6.04 Å². The lowest BCUT2D eigenvalue weighted by Gasteiger charge is -2.44. The number of hydrogen-bond acceptors (Lipinski definition) is 3. The molecule has 1 heterocycles. The molecule has 0 saturated carbocycles. The molecule has 0 unspecified atom stereocenters. The van der Waals surface area contributed by atoms with Crippen LogP contribution < -0.4 is 0 Å². The van der Waals surface area contributed by atoms with Crippen LogP contribution >= 0.6 is 0 Å². The van der Waals surface area contributed by atoms with Gasteiger partial charge >= 0.3 is 5.97 Å². The Kier molecular flexibility index (Phi) is 4.14. The SMILES string of the molecule is CC[C@](C)(C(=O)OC)N1CCCC[C@@H]1C. The number of ether oxygens (including phenoxy) is 1. The fourth-order valence-corrected chi connectivity index (χ4v) is 2.52. The molecule has 0 aliphatic carbocycles. The summed E-state index contributed by atoms with van der Waals surface area (Å²) in [6.45, 7) is 7.27. The lowest BCUT2D eigenvalue weighted by Crippen LogP contribution is -2.57. The van der Waals surface area contributed by atoms with Crippen LogP contribution in [0.2, 0.25) is 0 Å². The van der Waals surface area contributed by atoms with Crippen molar-refractivity contribution < 1.29 is 9.53 Å². The summed E-state index contributed by atoms with van der Waals surface area (Å²) >= 11 is 0. The Balaban J connectivity index is 2.83. The molecule has 0 amide bonds. The normalized spacial score (nSPS) is 27.1. The second-order valence-electron chi connectivity index (χ2n) is 4.66. The molecular weight excluding hydrogens is 190 g/mol. The van der Waals surface area contributed by atoms with E-state index >= 15 is 0 Å². The van der Waals surface area contributed by atoms with Crippen LogP contribution in [0.4, 0.5) is 0 Å². The number of likely N-dealkylation sites (tertiary alicyclic amines) is 1. The van der Waals surface area contributed by atoms with Crippen LogP contribution in [-0.4, -0.2) is 36.1 Å². The standard InChI is InChI=1S/C12H23NO2/c1-5-12(3,11(14)15-4)13-9-7-6-8-10(13)2/h10H,5-9H2,1-4H3/t10-,12+/m0/s1. The molecule has 1 aliphatic rings. The molecule has 2 atom stereocenters. The topological polar surface area (TPSA) is 29.5 Å². The molecule has 88 valence electrons. The molecule has 0 aromatic heterocycles. The zero-order chi connectivity index (χ0) is 11.5. The number of piperidine rings is 1. The molecule has 0 N–H and O–H groups in total. The van der Waals surface area contributed by atoms with E-state index < -0.39 is 5.54 Å². The second-order valence-corrected chi connectivity index (χ2v) is 4.66. The fourth-order valence-electron chi connectivity index (χ4n) is 2.52. The lowest BCUT2D eigenvalue weighted by molar-refractivity contribution is -0.157. The van der Waals surface area contributed by atoms with Crippen LogP contribution in [0, 0.1) is 0 Å². The van der Waals surface area contributed by atoms with E-state index in [1.807, 2.05) is 6.92 Å². The minimum absolute atomic E-state index is 0.0984. The minimum atomic E-state index is -0.436. The number of carbonyl (C=O) groups excluding carboxylic acids is 1. The second kappa shape index (κ2) is 4.97. The lowest BCUT2D eigenvalue weighted by atomic mass is 9.90. The van der Waals surface area contributed by atoms with E-state index in [0.717, 1.165) is 13.0 Å². The molecule has 1 rings (SSSR count). The first-order valence-electron chi connectivity index (χ1n) is 5.91. The van der Waals surface area contributed by atoms with Gasteiger partial charge in [-0.05, 0) is 39.7 Å². The average Bonchev–Trinajstić information content (AvgIpc) is 2.27. The highest BCUT2D eigenvalue weighted by atomic mass is 16.5. The maximum absolute atomic E-state index is 11.8. The average molecular weight is 213 g/mol. The van der Waals surface area contributed by atoms with Crippen molar-refractivity contribution in [2.75, 3.05) is 13.7 Å². The van der Waals surface area contributed by atoms with Gasteiger partial charge in [-0.1, -0.05) is 13.3 Å². The van der Waals surface area contributed by atoms with Crippen molar-refractivity contribution in [2.24, 2.45) is 0 Å². The predicted molar refractivity (Wildman–Crippen MR) is 60.7 cm³/mol. The summed E-state index contributed by atoms with van der Waals surface area (Å²) in [5.74, 6) is -0.0984. The Morgan fingerprint density at radius 2 is 2.20 bits per heavy atom. The molecule has 15 heavy (non-hydrogen) atoms. The molecular formula is C12H23NO2. The molecule has 0 aromatic carbocycles. The van der Waals surface area contributed by atoms with Gasteiger partial charge in [0.1, 0.15) is 5.54 Å². The third kappa shape index (κ3) is 2.33. The quantitative estimate of drug-likeness (QED) is 0.673. The van der Waals surface area contributed by atoms with E-state index in [0.29, 0.717) is 6.04 Å². The maximum Gasteiger partial charge on any atom is 0.325 e. The van der Waals surface area contributed by atoms with Crippen molar-refractivity contribution in [3.8, 4) is 0 Å². The van der Waals surface area contributed by atoms with Crippen LogP contribution in [0.5, 0.6) is 0 Å². The number of carbonyl (C=O) groups is 1. The van der Waals surface area contributed by atoms with Crippen molar-refractivity contribution >= 4 is 5.97 Å². The largest absolute Gasteiger partial charge is 0.468 e. The van der Waals surface area contributed by atoms with Crippen molar-refractivity contribution in [3.63, 3.8) is 0 Å². The third-order valence-electron chi connectivity index (χ3n) is 3.75. The van der Waals surface area contributed by atoms with Gasteiger partial charge in [-0.15, -0.1) is 0 Å². The summed E-state index contributed by atoms with van der Waals surface area (Å²) in [6, 6.07) is 0.489. The number of esters is 1. The van der Waals surface area contributed by atoms with E-state index in [1.165, 1.54) is 26.4 Å². The van der Waals surface area contributed by atoms with Crippen LogP contribution in [0.1, 0.15) is 46.5 Å². The van der Waals surface area contributed by atoms with E-state index in [-0.39, 0.29) is 5.97 Å². The summed E-state index contributed by atoms with van der Waals surface area (Å²) in [4.78, 5) is 14.2. The summed E-state index contributed by atoms with van der Waals surface area (Å²) in [7, 11) is 1.48. The highest BCUT2D eigenvalue weighted by molar-refractivity contribution is 5.80. The Labute approximate surface area is 92.8 Å². The monoisotopic (exact) mass is 213 g/mol. The van der Waals surface area contributed by atoms with Crippen molar-refractivity contribution in [3.05, 3.63) is 0 Å². The van der Waals surface area contributed by atoms with Gasteiger partial charge in [0.05, 0.1) is 7.11 Å². The third-order valence-corrected chi connectivity index (χ3v) is 3.75. The van der Waals surface area contributed by atoms with Crippen LogP contribution in [0.25, 0.3) is 0 Å². The van der Waals surface area contributed by atoms with Crippen molar-refractivity contribution in [1.82, 2.24) is 4.90 Å². The number of hydrogen-bond donors (Lipinski definition) is 0. The van der Waals surface area contributed by atoms with Gasteiger partial charge in [0.25, 0.3) is 0 Å². The zero-order valence-corrected chi connectivity index (χ0v) is 10.4. The number of methoxy groups -OCH3 is 1. The van der Waals surface area contributed by atoms with Gasteiger partial charge in [-0.25, -0.2) is 0 Å². The van der Waals surface area contributed by atoms with E-state index in [1.54, 1.807) is 0 Å². The molecule has 0 aromatic rings. The van der Waals surface area contributed by atoms with Crippen LogP contribution in [-0.2, 0) is 9.53 Å². The number of nitrogens with zero attached hydrogens (tertiary/aromatic N) is 1. The van der Waals surface area contributed by atoms with Gasteiger partial charge in [-0.2, -0.15) is 0 Å². The maximum atomic E-state index is 11.8. The zero-order valence-electron chi connectivity index (χ0n) is 10.4. The smallest absolute Gasteiger partial charge is 0.325 e. The fraction of sp³-hybridized carbons (Fsp3) is 0.917. The van der Waals surface area contributed by atoms with Crippen molar-refractivity contribution in [2.45, 2.75) is 58.0 Å². The predicted octanol–water partition coefficient (Wildman–Crippen LogP) is 2.20. The Morgan fingerprint density at radius 1 is 1.53 bits per heavy atom. The first-order valence-corrected chi connectivity index (χ1v) is 5.91. The molecule has 1 fully saturated rings. The minimum Gasteiger partial charge on any atom is -0.468 e. The highest BCUT2D eigenvalue weighted by Gasteiger charge is 2.41. The van der Waals surface area contributed by atoms with Gasteiger partial charge in [-0.3, -0.25) is 9.69 Å². The Morgan fingerprint density at radius 3 is 2.67 bits per heavy atom. The van der Waals surface area contributed by atoms with Gasteiger partial charge < -0.3 is 4.74 Å². The van der Waals surface area contributed by atoms with E-state index in [2.05, 4.69) is 18.7 Å². The Bertz CT molecular complexity index is 230. The molecule has 3 heteroatoms. The van der Waals surface area contributed by atoms with Gasteiger partial charge in [0.2, 0.25) is 0 Å². The molecule has 1 aliphatic heterocycles. The molecule has 3 nitrogen and oxygen atoms in total. The summed E-state index contributed by atoms with van der Waals surface area (Å²) in [5, 5.41) is 0. The highest BCUT2D eigenvalue weighted by Crippen LogP contribution is 2.29.